The first-order valence-corrected chi connectivity index (χ1v) is 13.1. The highest BCUT2D eigenvalue weighted by Gasteiger charge is 2.63. The summed E-state index contributed by atoms with van der Waals surface area (Å²) in [5.74, 6) is 5.36. The molecule has 4 atom stereocenters. The predicted octanol–water partition coefficient (Wildman–Crippen LogP) is 4.68. The van der Waals surface area contributed by atoms with Gasteiger partial charge in [0.15, 0.2) is 0 Å². The Morgan fingerprint density at radius 3 is 2.59 bits per heavy atom. The molecule has 1 heterocycles. The number of aliphatic hydroxyl groups is 1. The molecule has 3 aliphatic rings. The molecule has 2 fully saturated rings. The van der Waals surface area contributed by atoms with Crippen LogP contribution in [0.5, 0.6) is 0 Å². The first kappa shape index (κ1) is 25.8. The minimum Gasteiger partial charge on any atom is -0.387 e. The van der Waals surface area contributed by atoms with Gasteiger partial charge in [0, 0.05) is 35.5 Å². The number of piperidine rings is 1. The van der Waals surface area contributed by atoms with E-state index in [1.807, 2.05) is 17.0 Å². The Hall–Kier alpha value is -2.82. The van der Waals surface area contributed by atoms with Crippen molar-refractivity contribution in [2.75, 3.05) is 13.1 Å². The van der Waals surface area contributed by atoms with Crippen molar-refractivity contribution < 1.29 is 23.1 Å². The Bertz CT molecular complexity index is 1230. The number of rotatable bonds is 3. The van der Waals surface area contributed by atoms with E-state index in [1.54, 1.807) is 0 Å². The van der Waals surface area contributed by atoms with E-state index in [4.69, 9.17) is 0 Å². The van der Waals surface area contributed by atoms with Crippen molar-refractivity contribution in [3.05, 3.63) is 70.8 Å². The summed E-state index contributed by atoms with van der Waals surface area (Å²) >= 11 is 0. The topological polar surface area (TPSA) is 52.6 Å². The first-order chi connectivity index (χ1) is 17.5. The molecule has 1 amide bonds. The molecule has 1 saturated carbocycles. The maximum absolute atomic E-state index is 13.4. The molecule has 196 valence electrons. The van der Waals surface area contributed by atoms with Gasteiger partial charge in [0.25, 0.3) is 5.91 Å². The smallest absolute Gasteiger partial charge is 0.387 e. The monoisotopic (exact) mass is 510 g/mol. The number of nitrogens with one attached hydrogen (secondary N) is 1. The van der Waals surface area contributed by atoms with Gasteiger partial charge in [-0.05, 0) is 80.0 Å². The quantitative estimate of drug-likeness (QED) is 0.590. The van der Waals surface area contributed by atoms with Crippen molar-refractivity contribution in [3.8, 4) is 11.8 Å². The second-order valence-electron chi connectivity index (χ2n) is 11.2. The zero-order valence-corrected chi connectivity index (χ0v) is 21.2. The molecular weight excluding hydrogens is 477 g/mol. The number of amides is 1. The van der Waals surface area contributed by atoms with Gasteiger partial charge in [-0.1, -0.05) is 44.0 Å². The van der Waals surface area contributed by atoms with Crippen LogP contribution in [0.1, 0.15) is 61.8 Å². The third-order valence-corrected chi connectivity index (χ3v) is 8.54. The third-order valence-electron chi connectivity index (χ3n) is 8.54. The number of hydrogen-bond acceptors (Lipinski definition) is 3. The van der Waals surface area contributed by atoms with Crippen molar-refractivity contribution in [1.29, 1.82) is 0 Å². The minimum atomic E-state index is -4.41. The Morgan fingerprint density at radius 2 is 1.89 bits per heavy atom. The van der Waals surface area contributed by atoms with Crippen molar-refractivity contribution in [1.82, 2.24) is 10.2 Å². The highest BCUT2D eigenvalue weighted by atomic mass is 19.4. The van der Waals surface area contributed by atoms with Gasteiger partial charge in [0.2, 0.25) is 0 Å². The Balaban J connectivity index is 1.44. The van der Waals surface area contributed by atoms with Crippen LogP contribution in [0.3, 0.4) is 0 Å². The number of nitrogens with zero attached hydrogens (tertiary/aromatic N) is 1. The molecule has 7 heteroatoms. The number of halogens is 3. The van der Waals surface area contributed by atoms with Crippen LogP contribution in [-0.4, -0.2) is 46.7 Å². The average molecular weight is 511 g/mol. The van der Waals surface area contributed by atoms with Crippen LogP contribution < -0.4 is 5.32 Å². The maximum Gasteiger partial charge on any atom is 0.416 e. The predicted molar refractivity (Wildman–Crippen MR) is 136 cm³/mol. The number of alkyl halides is 3. The van der Waals surface area contributed by atoms with Crippen LogP contribution in [0.2, 0.25) is 0 Å². The van der Waals surface area contributed by atoms with Gasteiger partial charge in [-0.3, -0.25) is 4.79 Å². The molecule has 1 unspecified atom stereocenters. The lowest BCUT2D eigenvalue weighted by molar-refractivity contribution is -0.149. The van der Waals surface area contributed by atoms with Crippen LogP contribution in [0.25, 0.3) is 0 Å². The van der Waals surface area contributed by atoms with Crippen molar-refractivity contribution >= 4 is 5.91 Å². The molecule has 2 aromatic carbocycles. The van der Waals surface area contributed by atoms with E-state index in [9.17, 15) is 23.1 Å². The summed E-state index contributed by atoms with van der Waals surface area (Å²) in [7, 11) is 0. The van der Waals surface area contributed by atoms with Crippen LogP contribution in [-0.2, 0) is 22.8 Å². The van der Waals surface area contributed by atoms with E-state index < -0.39 is 22.8 Å². The number of carbonyl (C=O) groups is 1. The summed E-state index contributed by atoms with van der Waals surface area (Å²) in [6.45, 7) is 5.46. The van der Waals surface area contributed by atoms with E-state index >= 15 is 0 Å². The highest BCUT2D eigenvalue weighted by molar-refractivity contribution is 5.94. The van der Waals surface area contributed by atoms with Crippen molar-refractivity contribution in [2.24, 2.45) is 5.92 Å². The van der Waals surface area contributed by atoms with Gasteiger partial charge in [-0.25, -0.2) is 0 Å². The zero-order chi connectivity index (χ0) is 26.4. The van der Waals surface area contributed by atoms with E-state index in [0.717, 1.165) is 31.5 Å². The van der Waals surface area contributed by atoms with Crippen LogP contribution in [0.4, 0.5) is 13.2 Å². The van der Waals surface area contributed by atoms with Crippen LogP contribution in [0, 0.1) is 17.8 Å². The van der Waals surface area contributed by atoms with Crippen LogP contribution in [0.15, 0.2) is 48.5 Å². The largest absolute Gasteiger partial charge is 0.416 e. The fourth-order valence-electron chi connectivity index (χ4n) is 6.86. The maximum atomic E-state index is 13.4. The third kappa shape index (κ3) is 4.55. The van der Waals surface area contributed by atoms with Crippen molar-refractivity contribution in [3.63, 3.8) is 0 Å². The molecule has 4 nitrogen and oxygen atoms in total. The summed E-state index contributed by atoms with van der Waals surface area (Å²) in [5, 5.41) is 15.6. The second kappa shape index (κ2) is 9.49. The molecule has 2 N–H and O–H groups in total. The van der Waals surface area contributed by atoms with Gasteiger partial charge in [-0.2, -0.15) is 13.2 Å². The minimum absolute atomic E-state index is 0.00851. The standard InChI is InChI=1S/C30H33F3N2O2/c1-20(2)19-35(27(36)12-9-21-7-10-23(11-8-21)30(31,32)33)24-13-14-29(37)26-17-22-5-3-4-6-25(22)28(29,18-24)15-16-34-26/h3-8,10-11,20,24,26,34,37H,13-19H2,1-2H3/t24?,26-,28-,29-/m1/s1. The molecule has 0 radical (unpaired) electrons. The fourth-order valence-corrected chi connectivity index (χ4v) is 6.86. The van der Waals surface area contributed by atoms with Gasteiger partial charge >= 0.3 is 6.18 Å². The van der Waals surface area contributed by atoms with Gasteiger partial charge in [-0.15, -0.1) is 0 Å². The lowest BCUT2D eigenvalue weighted by atomic mass is 9.49. The zero-order valence-electron chi connectivity index (χ0n) is 21.2. The fraction of sp³-hybridized carbons (Fsp3) is 0.500. The lowest BCUT2D eigenvalue weighted by Gasteiger charge is -2.63. The summed E-state index contributed by atoms with van der Waals surface area (Å²) in [6.07, 6.45) is -0.875. The molecule has 0 spiro atoms. The summed E-state index contributed by atoms with van der Waals surface area (Å²) in [6, 6.07) is 12.8. The summed E-state index contributed by atoms with van der Waals surface area (Å²) in [5.41, 5.74) is 0.783. The Labute approximate surface area is 216 Å². The second-order valence-corrected chi connectivity index (χ2v) is 11.2. The molecule has 5 rings (SSSR count). The molecule has 1 saturated heterocycles. The molecule has 37 heavy (non-hydrogen) atoms. The van der Waals surface area contributed by atoms with Gasteiger partial charge in [0.05, 0.1) is 11.2 Å². The number of fused-ring (bicyclic) bond motifs is 1. The SMILES string of the molecule is CC(C)CN(C(=O)C#Cc1ccc(C(F)(F)F)cc1)C1CC[C@@]2(O)[C@H]3Cc4ccccc4[C@@]2(CCN3)C1. The molecule has 2 aliphatic carbocycles. The molecule has 2 aromatic rings. The lowest BCUT2D eigenvalue weighted by Crippen LogP contribution is -2.73. The average Bonchev–Trinajstić information content (AvgIpc) is 2.85. The number of carbonyl (C=O) groups excluding carboxylic acids is 1. The van der Waals surface area contributed by atoms with E-state index in [2.05, 4.69) is 43.1 Å². The number of hydrogen-bond donors (Lipinski definition) is 2. The van der Waals surface area contributed by atoms with Crippen molar-refractivity contribution in [2.45, 2.75) is 75.2 Å². The normalized spacial score (nSPS) is 28.5. The van der Waals surface area contributed by atoms with Gasteiger partial charge < -0.3 is 15.3 Å². The van der Waals surface area contributed by atoms with E-state index in [1.165, 1.54) is 23.3 Å². The highest BCUT2D eigenvalue weighted by Crippen LogP contribution is 2.56. The Morgan fingerprint density at radius 1 is 1.16 bits per heavy atom. The van der Waals surface area contributed by atoms with Crippen LogP contribution >= 0.6 is 0 Å². The molecule has 0 aromatic heterocycles. The Kier molecular flexibility index (Phi) is 6.62. The first-order valence-electron chi connectivity index (χ1n) is 13.1. The summed E-state index contributed by atoms with van der Waals surface area (Å²) in [4.78, 5) is 15.3. The molecule has 2 bridgehead atoms. The van der Waals surface area contributed by atoms with Gasteiger partial charge in [0.1, 0.15) is 0 Å². The van der Waals surface area contributed by atoms with E-state index in [-0.39, 0.29) is 23.9 Å². The molecular formula is C30H33F3N2O2. The molecule has 1 aliphatic heterocycles. The van der Waals surface area contributed by atoms with E-state index in [0.29, 0.717) is 31.4 Å². The number of benzene rings is 2. The summed E-state index contributed by atoms with van der Waals surface area (Å²) < 4.78 is 38.6.